The fourth-order valence-electron chi connectivity index (χ4n) is 2.57. The maximum absolute atomic E-state index is 13.3. The molecule has 0 aliphatic heterocycles. The first-order valence-electron chi connectivity index (χ1n) is 6.93. The SMILES string of the molecule is O=C(Nc1cccnc1)C(=O)N[C@@H]1CCc2ccc(F)cc21. The molecule has 1 aromatic heterocycles. The molecule has 0 saturated heterocycles. The molecule has 112 valence electrons. The van der Waals surface area contributed by atoms with Gasteiger partial charge in [-0.1, -0.05) is 6.07 Å². The molecular formula is C16H14FN3O2. The summed E-state index contributed by atoms with van der Waals surface area (Å²) in [7, 11) is 0. The minimum absolute atomic E-state index is 0.335. The normalized spacial score (nSPS) is 16.0. The number of carbonyl (C=O) groups is 2. The topological polar surface area (TPSA) is 71.1 Å². The van der Waals surface area contributed by atoms with Crippen LogP contribution in [0, 0.1) is 5.82 Å². The number of benzene rings is 1. The number of nitrogens with one attached hydrogen (secondary N) is 2. The molecule has 0 fully saturated rings. The standard InChI is InChI=1S/C16H14FN3O2/c17-11-5-3-10-4-6-14(13(10)8-11)20-16(22)15(21)19-12-2-1-7-18-9-12/h1-3,5,7-9,14H,4,6H2,(H,19,21)(H,20,22)/t14-/m1/s1. The van der Waals surface area contributed by atoms with Crippen molar-refractivity contribution in [1.82, 2.24) is 10.3 Å². The molecule has 1 aliphatic carbocycles. The van der Waals surface area contributed by atoms with Gasteiger partial charge in [-0.25, -0.2) is 4.39 Å². The Kier molecular flexibility index (Phi) is 3.82. The van der Waals surface area contributed by atoms with E-state index in [2.05, 4.69) is 15.6 Å². The number of hydrogen-bond donors (Lipinski definition) is 2. The summed E-state index contributed by atoms with van der Waals surface area (Å²) in [4.78, 5) is 27.7. The molecule has 1 aliphatic rings. The number of amides is 2. The largest absolute Gasteiger partial charge is 0.341 e. The van der Waals surface area contributed by atoms with Crippen LogP contribution in [-0.4, -0.2) is 16.8 Å². The average molecular weight is 299 g/mol. The van der Waals surface area contributed by atoms with Crippen LogP contribution in [-0.2, 0) is 16.0 Å². The molecule has 22 heavy (non-hydrogen) atoms. The van der Waals surface area contributed by atoms with Gasteiger partial charge in [-0.05, 0) is 48.2 Å². The van der Waals surface area contributed by atoms with Crippen LogP contribution in [0.2, 0.25) is 0 Å². The molecule has 0 radical (unpaired) electrons. The molecule has 2 amide bonds. The summed E-state index contributed by atoms with van der Waals surface area (Å²) in [5, 5.41) is 5.11. The van der Waals surface area contributed by atoms with Crippen LogP contribution in [0.25, 0.3) is 0 Å². The molecule has 0 spiro atoms. The highest BCUT2D eigenvalue weighted by molar-refractivity contribution is 6.39. The number of rotatable bonds is 2. The predicted octanol–water partition coefficient (Wildman–Crippen LogP) is 1.96. The van der Waals surface area contributed by atoms with Gasteiger partial charge in [0.1, 0.15) is 5.82 Å². The Bertz CT molecular complexity index is 719. The fraction of sp³-hybridized carbons (Fsp3) is 0.188. The molecule has 0 saturated carbocycles. The van der Waals surface area contributed by atoms with Gasteiger partial charge in [-0.3, -0.25) is 14.6 Å². The van der Waals surface area contributed by atoms with Crippen LogP contribution >= 0.6 is 0 Å². The van der Waals surface area contributed by atoms with Crippen molar-refractivity contribution in [3.8, 4) is 0 Å². The molecule has 1 atom stereocenters. The Morgan fingerprint density at radius 1 is 1.23 bits per heavy atom. The van der Waals surface area contributed by atoms with Gasteiger partial charge in [0.15, 0.2) is 0 Å². The lowest BCUT2D eigenvalue weighted by Crippen LogP contribution is -2.37. The lowest BCUT2D eigenvalue weighted by molar-refractivity contribution is -0.136. The van der Waals surface area contributed by atoms with E-state index in [0.717, 1.165) is 17.5 Å². The van der Waals surface area contributed by atoms with E-state index in [1.54, 1.807) is 24.4 Å². The minimum atomic E-state index is -0.766. The highest BCUT2D eigenvalue weighted by Gasteiger charge is 2.26. The van der Waals surface area contributed by atoms with Crippen molar-refractivity contribution in [3.63, 3.8) is 0 Å². The number of pyridine rings is 1. The summed E-state index contributed by atoms with van der Waals surface area (Å²) in [5.41, 5.74) is 2.18. The van der Waals surface area contributed by atoms with Gasteiger partial charge in [-0.15, -0.1) is 0 Å². The van der Waals surface area contributed by atoms with Crippen molar-refractivity contribution in [1.29, 1.82) is 0 Å². The van der Waals surface area contributed by atoms with Crippen molar-refractivity contribution < 1.29 is 14.0 Å². The molecule has 0 unspecified atom stereocenters. The quantitative estimate of drug-likeness (QED) is 0.833. The molecule has 5 nitrogen and oxygen atoms in total. The zero-order chi connectivity index (χ0) is 15.5. The molecule has 1 heterocycles. The Labute approximate surface area is 126 Å². The van der Waals surface area contributed by atoms with E-state index in [1.165, 1.54) is 18.3 Å². The van der Waals surface area contributed by atoms with Gasteiger partial charge in [0.05, 0.1) is 17.9 Å². The summed E-state index contributed by atoms with van der Waals surface area (Å²) >= 11 is 0. The monoisotopic (exact) mass is 299 g/mol. The molecule has 2 aromatic rings. The van der Waals surface area contributed by atoms with E-state index < -0.39 is 11.8 Å². The third kappa shape index (κ3) is 2.95. The highest BCUT2D eigenvalue weighted by Crippen LogP contribution is 2.31. The molecule has 2 N–H and O–H groups in total. The number of aryl methyl sites for hydroxylation is 1. The molecule has 0 bridgehead atoms. The number of nitrogens with zero attached hydrogens (tertiary/aromatic N) is 1. The van der Waals surface area contributed by atoms with Gasteiger partial charge in [0.2, 0.25) is 0 Å². The second kappa shape index (κ2) is 5.93. The van der Waals surface area contributed by atoms with E-state index in [4.69, 9.17) is 0 Å². The van der Waals surface area contributed by atoms with Gasteiger partial charge in [-0.2, -0.15) is 0 Å². The third-order valence-corrected chi connectivity index (χ3v) is 3.62. The predicted molar refractivity (Wildman–Crippen MR) is 78.5 cm³/mol. The van der Waals surface area contributed by atoms with Crippen LogP contribution in [0.1, 0.15) is 23.6 Å². The number of fused-ring (bicyclic) bond motifs is 1. The molecule has 6 heteroatoms. The van der Waals surface area contributed by atoms with Crippen molar-refractivity contribution in [3.05, 3.63) is 59.7 Å². The Morgan fingerprint density at radius 2 is 2.09 bits per heavy atom. The Hall–Kier alpha value is -2.76. The van der Waals surface area contributed by atoms with Crippen LogP contribution in [0.3, 0.4) is 0 Å². The second-order valence-corrected chi connectivity index (χ2v) is 5.10. The van der Waals surface area contributed by atoms with Crippen molar-refractivity contribution in [2.24, 2.45) is 0 Å². The van der Waals surface area contributed by atoms with Crippen LogP contribution < -0.4 is 10.6 Å². The van der Waals surface area contributed by atoms with Crippen LogP contribution in [0.5, 0.6) is 0 Å². The first-order valence-corrected chi connectivity index (χ1v) is 6.93. The van der Waals surface area contributed by atoms with Crippen LogP contribution in [0.4, 0.5) is 10.1 Å². The van der Waals surface area contributed by atoms with E-state index in [0.29, 0.717) is 12.1 Å². The first-order chi connectivity index (χ1) is 10.6. The third-order valence-electron chi connectivity index (χ3n) is 3.62. The summed E-state index contributed by atoms with van der Waals surface area (Å²) < 4.78 is 13.3. The number of hydrogen-bond acceptors (Lipinski definition) is 3. The smallest absolute Gasteiger partial charge is 0.313 e. The summed E-state index contributed by atoms with van der Waals surface area (Å²) in [6.45, 7) is 0. The van der Waals surface area contributed by atoms with E-state index in [-0.39, 0.29) is 11.9 Å². The molecule has 1 aromatic carbocycles. The van der Waals surface area contributed by atoms with Gasteiger partial charge >= 0.3 is 11.8 Å². The number of aromatic nitrogens is 1. The van der Waals surface area contributed by atoms with Crippen molar-refractivity contribution in [2.45, 2.75) is 18.9 Å². The lowest BCUT2D eigenvalue weighted by Gasteiger charge is -2.14. The van der Waals surface area contributed by atoms with Crippen molar-refractivity contribution in [2.75, 3.05) is 5.32 Å². The first kappa shape index (κ1) is 14.2. The Morgan fingerprint density at radius 3 is 2.86 bits per heavy atom. The number of anilines is 1. The van der Waals surface area contributed by atoms with Gasteiger partial charge < -0.3 is 10.6 Å². The van der Waals surface area contributed by atoms with Gasteiger partial charge in [0.25, 0.3) is 0 Å². The number of halogens is 1. The fourth-order valence-corrected chi connectivity index (χ4v) is 2.57. The zero-order valence-corrected chi connectivity index (χ0v) is 11.7. The summed E-state index contributed by atoms with van der Waals surface area (Å²) in [6.07, 6.45) is 4.43. The highest BCUT2D eigenvalue weighted by atomic mass is 19.1. The number of carbonyl (C=O) groups excluding carboxylic acids is 2. The van der Waals surface area contributed by atoms with Crippen LogP contribution in [0.15, 0.2) is 42.7 Å². The van der Waals surface area contributed by atoms with E-state index in [1.807, 2.05) is 0 Å². The maximum atomic E-state index is 13.3. The van der Waals surface area contributed by atoms with Crippen molar-refractivity contribution >= 4 is 17.5 Å². The second-order valence-electron chi connectivity index (χ2n) is 5.10. The lowest BCUT2D eigenvalue weighted by atomic mass is 10.1. The average Bonchev–Trinajstić information content (AvgIpc) is 2.90. The zero-order valence-electron chi connectivity index (χ0n) is 11.7. The van der Waals surface area contributed by atoms with E-state index >= 15 is 0 Å². The van der Waals surface area contributed by atoms with E-state index in [9.17, 15) is 14.0 Å². The summed E-state index contributed by atoms with van der Waals surface area (Å²) in [5.74, 6) is -1.86. The molecule has 3 rings (SSSR count). The molecular weight excluding hydrogens is 285 g/mol. The maximum Gasteiger partial charge on any atom is 0.313 e. The summed E-state index contributed by atoms with van der Waals surface area (Å²) in [6, 6.07) is 7.48. The van der Waals surface area contributed by atoms with Gasteiger partial charge in [0, 0.05) is 6.20 Å². The Balaban J connectivity index is 1.66. The minimum Gasteiger partial charge on any atom is -0.341 e.